The Hall–Kier alpha value is -3.88. The molecule has 0 fully saturated rings. The summed E-state index contributed by atoms with van der Waals surface area (Å²) in [4.78, 5) is 12.9. The number of nitrogens with one attached hydrogen (secondary N) is 2. The predicted octanol–water partition coefficient (Wildman–Crippen LogP) is 5.05. The number of ether oxygens (including phenoxy) is 1. The van der Waals surface area contributed by atoms with Gasteiger partial charge >= 0.3 is 0 Å². The number of aromatic amines is 1. The van der Waals surface area contributed by atoms with Gasteiger partial charge in [-0.15, -0.1) is 0 Å². The summed E-state index contributed by atoms with van der Waals surface area (Å²) in [6.45, 7) is 9.90. The van der Waals surface area contributed by atoms with Gasteiger partial charge in [-0.1, -0.05) is 12.1 Å². The second-order valence-electron chi connectivity index (χ2n) is 8.29. The number of aryl methyl sites for hydroxylation is 5. The highest BCUT2D eigenvalue weighted by Gasteiger charge is 2.21. The fourth-order valence-corrected chi connectivity index (χ4v) is 4.57. The highest BCUT2D eigenvalue weighted by atomic mass is 16.5. The first-order valence-corrected chi connectivity index (χ1v) is 10.9. The third-order valence-electron chi connectivity index (χ3n) is 6.14. The number of methoxy groups -OCH3 is 1. The van der Waals surface area contributed by atoms with E-state index in [0.717, 1.165) is 79.6 Å². The maximum absolute atomic E-state index is 5.78. The molecule has 9 nitrogen and oxygen atoms in total. The lowest BCUT2D eigenvalue weighted by atomic mass is 10.0. The van der Waals surface area contributed by atoms with Gasteiger partial charge in [-0.05, 0) is 46.2 Å². The molecular formula is C24H27N7O2. The lowest BCUT2D eigenvalue weighted by Gasteiger charge is -2.11. The van der Waals surface area contributed by atoms with Gasteiger partial charge in [0.2, 0.25) is 0 Å². The third kappa shape index (κ3) is 3.23. The third-order valence-corrected chi connectivity index (χ3v) is 6.14. The minimum atomic E-state index is 0.671. The Kier molecular flexibility index (Phi) is 4.84. The van der Waals surface area contributed by atoms with Crippen molar-refractivity contribution in [3.63, 3.8) is 0 Å². The summed E-state index contributed by atoms with van der Waals surface area (Å²) in [5.41, 5.74) is 6.54. The molecule has 9 heteroatoms. The van der Waals surface area contributed by atoms with Crippen LogP contribution >= 0.6 is 0 Å². The van der Waals surface area contributed by atoms with Crippen LogP contribution in [-0.2, 0) is 13.5 Å². The summed E-state index contributed by atoms with van der Waals surface area (Å²) in [5.74, 6) is 3.79. The Bertz CT molecular complexity index is 1500. The van der Waals surface area contributed by atoms with Crippen LogP contribution in [0.4, 0.5) is 11.6 Å². The molecule has 0 aliphatic rings. The molecular weight excluding hydrogens is 418 g/mol. The molecule has 0 spiro atoms. The number of H-pyrrole nitrogens is 1. The first-order valence-electron chi connectivity index (χ1n) is 10.9. The van der Waals surface area contributed by atoms with Gasteiger partial charge in [-0.2, -0.15) is 5.10 Å². The van der Waals surface area contributed by atoms with Crippen molar-refractivity contribution in [1.82, 2.24) is 29.9 Å². The SMILES string of the molecule is CCc1nn(C)c(Nc2nc(C)nc3[nH]c4cc(-c5c(C)noc5C)c(OC)cc4c23)c1C. The van der Waals surface area contributed by atoms with Crippen LogP contribution in [0, 0.1) is 27.7 Å². The van der Waals surface area contributed by atoms with Crippen molar-refractivity contribution in [3.8, 4) is 16.9 Å². The van der Waals surface area contributed by atoms with Gasteiger partial charge in [0.15, 0.2) is 0 Å². The molecule has 2 N–H and O–H groups in total. The largest absolute Gasteiger partial charge is 0.496 e. The monoisotopic (exact) mass is 445 g/mol. The molecule has 170 valence electrons. The minimum Gasteiger partial charge on any atom is -0.496 e. The molecule has 0 radical (unpaired) electrons. The Morgan fingerprint density at radius 2 is 1.94 bits per heavy atom. The van der Waals surface area contributed by atoms with Crippen molar-refractivity contribution in [2.45, 2.75) is 41.0 Å². The number of hydrogen-bond acceptors (Lipinski definition) is 7. The number of anilines is 2. The minimum absolute atomic E-state index is 0.671. The number of fused-ring (bicyclic) bond motifs is 3. The van der Waals surface area contributed by atoms with Crippen molar-refractivity contribution < 1.29 is 9.26 Å². The average molecular weight is 446 g/mol. The van der Waals surface area contributed by atoms with E-state index < -0.39 is 0 Å². The Balaban J connectivity index is 1.75. The second kappa shape index (κ2) is 7.61. The lowest BCUT2D eigenvalue weighted by Crippen LogP contribution is -2.04. The molecule has 0 saturated carbocycles. The van der Waals surface area contributed by atoms with Crippen LogP contribution in [0.1, 0.15) is 35.5 Å². The number of rotatable bonds is 5. The van der Waals surface area contributed by atoms with E-state index in [1.54, 1.807) is 7.11 Å². The smallest absolute Gasteiger partial charge is 0.145 e. The Morgan fingerprint density at radius 3 is 2.58 bits per heavy atom. The van der Waals surface area contributed by atoms with Crippen LogP contribution < -0.4 is 10.1 Å². The van der Waals surface area contributed by atoms with E-state index in [9.17, 15) is 0 Å². The fourth-order valence-electron chi connectivity index (χ4n) is 4.57. The lowest BCUT2D eigenvalue weighted by molar-refractivity contribution is 0.393. The first kappa shape index (κ1) is 21.0. The zero-order valence-corrected chi connectivity index (χ0v) is 19.9. The number of benzene rings is 1. The van der Waals surface area contributed by atoms with Gasteiger partial charge in [-0.3, -0.25) is 4.68 Å². The summed E-state index contributed by atoms with van der Waals surface area (Å²) < 4.78 is 13.0. The van der Waals surface area contributed by atoms with Crippen molar-refractivity contribution in [2.24, 2.45) is 7.05 Å². The normalized spacial score (nSPS) is 11.6. The molecule has 0 atom stereocenters. The quantitative estimate of drug-likeness (QED) is 0.390. The van der Waals surface area contributed by atoms with Crippen LogP contribution in [0.3, 0.4) is 0 Å². The summed E-state index contributed by atoms with van der Waals surface area (Å²) in [6, 6.07) is 4.08. The van der Waals surface area contributed by atoms with Crippen molar-refractivity contribution in [2.75, 3.05) is 12.4 Å². The highest BCUT2D eigenvalue weighted by molar-refractivity contribution is 6.13. The predicted molar refractivity (Wildman–Crippen MR) is 128 cm³/mol. The van der Waals surface area contributed by atoms with Gasteiger partial charge in [-0.25, -0.2) is 9.97 Å². The van der Waals surface area contributed by atoms with E-state index in [0.29, 0.717) is 5.82 Å². The van der Waals surface area contributed by atoms with E-state index in [4.69, 9.17) is 14.2 Å². The second-order valence-corrected chi connectivity index (χ2v) is 8.29. The Morgan fingerprint density at radius 1 is 1.15 bits per heavy atom. The summed E-state index contributed by atoms with van der Waals surface area (Å²) in [7, 11) is 3.61. The number of nitrogens with zero attached hydrogens (tertiary/aromatic N) is 5. The van der Waals surface area contributed by atoms with Gasteiger partial charge in [0.05, 0.1) is 29.4 Å². The first-order chi connectivity index (χ1) is 15.8. The molecule has 4 aromatic heterocycles. The van der Waals surface area contributed by atoms with Crippen LogP contribution in [-0.4, -0.2) is 37.0 Å². The van der Waals surface area contributed by atoms with Crippen LogP contribution in [0.2, 0.25) is 0 Å². The number of aromatic nitrogens is 6. The van der Waals surface area contributed by atoms with Crippen molar-refractivity contribution in [3.05, 3.63) is 40.7 Å². The molecule has 4 heterocycles. The molecule has 0 aliphatic carbocycles. The van der Waals surface area contributed by atoms with E-state index in [2.05, 4.69) is 45.5 Å². The van der Waals surface area contributed by atoms with Gasteiger partial charge < -0.3 is 19.6 Å². The van der Waals surface area contributed by atoms with Crippen LogP contribution in [0.5, 0.6) is 5.75 Å². The summed E-state index contributed by atoms with van der Waals surface area (Å²) in [6.07, 6.45) is 0.869. The molecule has 0 amide bonds. The molecule has 0 bridgehead atoms. The molecule has 0 aliphatic heterocycles. The number of hydrogen-bond donors (Lipinski definition) is 2. The maximum atomic E-state index is 5.78. The molecule has 0 unspecified atom stereocenters. The molecule has 1 aromatic carbocycles. The van der Waals surface area contributed by atoms with Crippen LogP contribution in [0.25, 0.3) is 33.1 Å². The Labute approximate surface area is 191 Å². The van der Waals surface area contributed by atoms with E-state index in [-0.39, 0.29) is 0 Å². The average Bonchev–Trinajstić information content (AvgIpc) is 3.40. The zero-order chi connectivity index (χ0) is 23.4. The summed E-state index contributed by atoms with van der Waals surface area (Å²) >= 11 is 0. The fraction of sp³-hybridized carbons (Fsp3) is 0.333. The zero-order valence-electron chi connectivity index (χ0n) is 19.9. The maximum Gasteiger partial charge on any atom is 0.145 e. The van der Waals surface area contributed by atoms with Gasteiger partial charge in [0.25, 0.3) is 0 Å². The molecule has 5 rings (SSSR count). The van der Waals surface area contributed by atoms with E-state index in [1.165, 1.54) is 0 Å². The molecule has 5 aromatic rings. The molecule has 0 saturated heterocycles. The topological polar surface area (TPSA) is 107 Å². The van der Waals surface area contributed by atoms with Gasteiger partial charge in [0, 0.05) is 29.1 Å². The van der Waals surface area contributed by atoms with Crippen molar-refractivity contribution in [1.29, 1.82) is 0 Å². The van der Waals surface area contributed by atoms with E-state index in [1.807, 2.05) is 38.6 Å². The van der Waals surface area contributed by atoms with E-state index >= 15 is 0 Å². The standard InChI is InChI=1S/C24H27N7O2/c1-8-17-11(2)24(31(6)29-17)28-23-21-15-10-19(32-7)16(20-12(3)30-33-13(20)4)9-18(15)27-22(21)25-14(5)26-23/h9-10H,8H2,1-7H3,(H2,25,26,27,28). The molecule has 33 heavy (non-hydrogen) atoms. The van der Waals surface area contributed by atoms with Gasteiger partial charge in [0.1, 0.15) is 34.6 Å². The highest BCUT2D eigenvalue weighted by Crippen LogP contribution is 2.41. The van der Waals surface area contributed by atoms with Crippen molar-refractivity contribution >= 4 is 33.6 Å². The van der Waals surface area contributed by atoms with Crippen LogP contribution in [0.15, 0.2) is 16.7 Å². The summed E-state index contributed by atoms with van der Waals surface area (Å²) in [5, 5.41) is 14.1.